The predicted octanol–water partition coefficient (Wildman–Crippen LogP) is 1.62. The average molecular weight is 316 g/mol. The Labute approximate surface area is 103 Å². The van der Waals surface area contributed by atoms with E-state index in [1.165, 1.54) is 0 Å². The summed E-state index contributed by atoms with van der Waals surface area (Å²) in [6.07, 6.45) is 0.889. The van der Waals surface area contributed by atoms with Crippen LogP contribution in [0.3, 0.4) is 0 Å². The van der Waals surface area contributed by atoms with Gasteiger partial charge in [-0.3, -0.25) is 4.79 Å². The molecule has 1 aliphatic heterocycles. The number of rotatable bonds is 2. The third-order valence-corrected chi connectivity index (χ3v) is 3.61. The van der Waals surface area contributed by atoms with E-state index in [2.05, 4.69) is 27.9 Å². The van der Waals surface area contributed by atoms with Crippen molar-refractivity contribution in [3.63, 3.8) is 0 Å². The van der Waals surface area contributed by atoms with Crippen molar-refractivity contribution in [3.8, 4) is 0 Å². The molecule has 1 heterocycles. The van der Waals surface area contributed by atoms with Gasteiger partial charge in [0, 0.05) is 10.1 Å². The van der Waals surface area contributed by atoms with Crippen LogP contribution in [0.15, 0.2) is 24.3 Å². The zero-order valence-electron chi connectivity index (χ0n) is 8.53. The van der Waals surface area contributed by atoms with E-state index >= 15 is 0 Å². The SMILES string of the molecule is CNC1CCN(c2ccccc2I)C1=O. The van der Waals surface area contributed by atoms with Gasteiger partial charge < -0.3 is 10.2 Å². The van der Waals surface area contributed by atoms with E-state index in [0.717, 1.165) is 22.2 Å². The van der Waals surface area contributed by atoms with Crippen LogP contribution in [-0.4, -0.2) is 25.5 Å². The summed E-state index contributed by atoms with van der Waals surface area (Å²) < 4.78 is 1.13. The second-order valence-electron chi connectivity index (χ2n) is 3.57. The van der Waals surface area contributed by atoms with Crippen molar-refractivity contribution in [1.29, 1.82) is 0 Å². The number of amides is 1. The van der Waals surface area contributed by atoms with Crippen LogP contribution < -0.4 is 10.2 Å². The van der Waals surface area contributed by atoms with Crippen molar-refractivity contribution in [2.45, 2.75) is 12.5 Å². The fraction of sp³-hybridized carbons (Fsp3) is 0.364. The monoisotopic (exact) mass is 316 g/mol. The molecular formula is C11H13IN2O. The molecule has 0 bridgehead atoms. The zero-order chi connectivity index (χ0) is 10.8. The van der Waals surface area contributed by atoms with E-state index in [0.29, 0.717) is 0 Å². The van der Waals surface area contributed by atoms with Gasteiger partial charge in [0.25, 0.3) is 0 Å². The number of anilines is 1. The van der Waals surface area contributed by atoms with E-state index in [-0.39, 0.29) is 11.9 Å². The van der Waals surface area contributed by atoms with Crippen LogP contribution in [-0.2, 0) is 4.79 Å². The Balaban J connectivity index is 2.27. The quantitative estimate of drug-likeness (QED) is 0.841. The Kier molecular flexibility index (Phi) is 3.25. The zero-order valence-corrected chi connectivity index (χ0v) is 10.7. The van der Waals surface area contributed by atoms with Gasteiger partial charge in [0.05, 0.1) is 11.7 Å². The molecule has 1 N–H and O–H groups in total. The van der Waals surface area contributed by atoms with E-state index in [9.17, 15) is 4.79 Å². The number of benzene rings is 1. The van der Waals surface area contributed by atoms with Gasteiger partial charge in [-0.05, 0) is 48.2 Å². The Bertz CT molecular complexity index is 381. The summed E-state index contributed by atoms with van der Waals surface area (Å²) in [5.41, 5.74) is 1.03. The number of nitrogens with one attached hydrogen (secondary N) is 1. The highest BCUT2D eigenvalue weighted by Crippen LogP contribution is 2.26. The van der Waals surface area contributed by atoms with E-state index in [4.69, 9.17) is 0 Å². The minimum absolute atomic E-state index is 0.0130. The molecule has 1 aliphatic rings. The second-order valence-corrected chi connectivity index (χ2v) is 4.73. The molecule has 0 spiro atoms. The van der Waals surface area contributed by atoms with Crippen LogP contribution in [0.5, 0.6) is 0 Å². The minimum Gasteiger partial charge on any atom is -0.310 e. The number of hydrogen-bond donors (Lipinski definition) is 1. The molecule has 15 heavy (non-hydrogen) atoms. The number of carbonyl (C=O) groups is 1. The molecule has 0 radical (unpaired) electrons. The number of halogens is 1. The predicted molar refractivity (Wildman–Crippen MR) is 69.0 cm³/mol. The van der Waals surface area contributed by atoms with E-state index in [1.54, 1.807) is 0 Å². The number of hydrogen-bond acceptors (Lipinski definition) is 2. The van der Waals surface area contributed by atoms with Crippen molar-refractivity contribution in [2.75, 3.05) is 18.5 Å². The van der Waals surface area contributed by atoms with Crippen molar-refractivity contribution in [2.24, 2.45) is 0 Å². The average Bonchev–Trinajstić information content (AvgIpc) is 2.60. The maximum Gasteiger partial charge on any atom is 0.244 e. The Morgan fingerprint density at radius 1 is 1.47 bits per heavy atom. The molecule has 2 rings (SSSR count). The molecular weight excluding hydrogens is 303 g/mol. The molecule has 1 fully saturated rings. The van der Waals surface area contributed by atoms with Gasteiger partial charge in [0.15, 0.2) is 0 Å². The fourth-order valence-corrected chi connectivity index (χ4v) is 2.54. The molecule has 4 heteroatoms. The highest BCUT2D eigenvalue weighted by Gasteiger charge is 2.31. The lowest BCUT2D eigenvalue weighted by molar-refractivity contribution is -0.118. The summed E-state index contributed by atoms with van der Waals surface area (Å²) in [5.74, 6) is 0.182. The second kappa shape index (κ2) is 4.49. The molecule has 0 aliphatic carbocycles. The molecule has 80 valence electrons. The summed E-state index contributed by atoms with van der Waals surface area (Å²) >= 11 is 2.26. The number of nitrogens with zero attached hydrogens (tertiary/aromatic N) is 1. The van der Waals surface area contributed by atoms with Crippen molar-refractivity contribution in [1.82, 2.24) is 5.32 Å². The van der Waals surface area contributed by atoms with Gasteiger partial charge in [-0.2, -0.15) is 0 Å². The first kappa shape index (κ1) is 10.9. The first-order valence-corrected chi connectivity index (χ1v) is 6.05. The maximum absolute atomic E-state index is 11.9. The van der Waals surface area contributed by atoms with Gasteiger partial charge in [-0.25, -0.2) is 0 Å². The Morgan fingerprint density at radius 2 is 2.20 bits per heavy atom. The van der Waals surface area contributed by atoms with Crippen LogP contribution >= 0.6 is 22.6 Å². The molecule has 1 saturated heterocycles. The Hall–Kier alpha value is -0.620. The smallest absolute Gasteiger partial charge is 0.244 e. The lowest BCUT2D eigenvalue weighted by Gasteiger charge is -2.18. The maximum atomic E-state index is 11.9. The molecule has 1 atom stereocenters. The van der Waals surface area contributed by atoms with Crippen LogP contribution in [0, 0.1) is 3.57 Å². The number of carbonyl (C=O) groups excluding carboxylic acids is 1. The normalized spacial score (nSPS) is 21.1. The molecule has 1 aromatic rings. The third-order valence-electron chi connectivity index (χ3n) is 2.70. The van der Waals surface area contributed by atoms with Crippen molar-refractivity contribution in [3.05, 3.63) is 27.8 Å². The lowest BCUT2D eigenvalue weighted by atomic mass is 10.2. The molecule has 0 saturated carbocycles. The van der Waals surface area contributed by atoms with Crippen molar-refractivity contribution < 1.29 is 4.79 Å². The number of likely N-dealkylation sites (N-methyl/N-ethyl adjacent to an activating group) is 1. The van der Waals surface area contributed by atoms with E-state index < -0.39 is 0 Å². The molecule has 1 unspecified atom stereocenters. The summed E-state index contributed by atoms with van der Waals surface area (Å²) in [7, 11) is 1.84. The summed E-state index contributed by atoms with van der Waals surface area (Å²) in [6, 6.07) is 7.97. The molecule has 1 amide bonds. The van der Waals surface area contributed by atoms with Gasteiger partial charge in [-0.1, -0.05) is 12.1 Å². The minimum atomic E-state index is -0.0130. The first-order valence-electron chi connectivity index (χ1n) is 4.97. The summed E-state index contributed by atoms with van der Waals surface area (Å²) in [5, 5.41) is 3.04. The first-order chi connectivity index (χ1) is 7.24. The highest BCUT2D eigenvalue weighted by molar-refractivity contribution is 14.1. The van der Waals surface area contributed by atoms with Crippen LogP contribution in [0.2, 0.25) is 0 Å². The fourth-order valence-electron chi connectivity index (χ4n) is 1.86. The topological polar surface area (TPSA) is 32.3 Å². The molecule has 3 nitrogen and oxygen atoms in total. The van der Waals surface area contributed by atoms with Crippen LogP contribution in [0.1, 0.15) is 6.42 Å². The summed E-state index contributed by atoms with van der Waals surface area (Å²) in [4.78, 5) is 13.8. The van der Waals surface area contributed by atoms with Gasteiger partial charge in [0.2, 0.25) is 5.91 Å². The lowest BCUT2D eigenvalue weighted by Crippen LogP contribution is -2.36. The Morgan fingerprint density at radius 3 is 2.80 bits per heavy atom. The van der Waals surface area contributed by atoms with Crippen molar-refractivity contribution >= 4 is 34.2 Å². The van der Waals surface area contributed by atoms with Crippen LogP contribution in [0.25, 0.3) is 0 Å². The van der Waals surface area contributed by atoms with E-state index in [1.807, 2.05) is 36.2 Å². The largest absolute Gasteiger partial charge is 0.310 e. The van der Waals surface area contributed by atoms with Gasteiger partial charge in [0.1, 0.15) is 0 Å². The summed E-state index contributed by atoms with van der Waals surface area (Å²) in [6.45, 7) is 0.810. The van der Waals surface area contributed by atoms with Crippen LogP contribution in [0.4, 0.5) is 5.69 Å². The third kappa shape index (κ3) is 2.01. The van der Waals surface area contributed by atoms with Gasteiger partial charge >= 0.3 is 0 Å². The number of para-hydroxylation sites is 1. The standard InChI is InChI=1S/C11H13IN2O/c1-13-9-6-7-14(11(9)15)10-5-3-2-4-8(10)12/h2-5,9,13H,6-7H2,1H3. The highest BCUT2D eigenvalue weighted by atomic mass is 127. The molecule has 1 aromatic carbocycles. The van der Waals surface area contributed by atoms with Gasteiger partial charge in [-0.15, -0.1) is 0 Å². The molecule has 0 aromatic heterocycles.